The molecule has 3 aliphatic heterocycles. The second kappa shape index (κ2) is 12.7. The predicted octanol–water partition coefficient (Wildman–Crippen LogP) is 4.37. The zero-order valence-electron chi connectivity index (χ0n) is 25.2. The number of hydrogen-bond acceptors (Lipinski definition) is 5. The number of fused-ring (bicyclic) bond motifs is 1. The number of amides is 3. The third kappa shape index (κ3) is 5.27. The Morgan fingerprint density at radius 1 is 1.15 bits per heavy atom. The van der Waals surface area contributed by atoms with Gasteiger partial charge in [-0.2, -0.15) is 0 Å². The molecule has 8 heteroatoms. The van der Waals surface area contributed by atoms with Crippen molar-refractivity contribution in [3.05, 3.63) is 61.2 Å². The van der Waals surface area contributed by atoms with E-state index in [2.05, 4.69) is 20.1 Å². The molecule has 2 bridgehead atoms. The standard InChI is InChI=1S/C33H47N3O4S/c1-8-16-34(19-24-14-12-11-13-15-24)30(38)27-26-18-23(7)33(41-26)28(27)31(39)36(25(20-37)22(6)10-3)29(33)32(40)35(17-9-2)21(4)5/h8-9,11-15,21-23,25-29,37H,1-2,10,16-20H2,3-7H3/t22-,23?,25-,26+,27-,28-,29?,33?/m0/s1. The number of thioether (sulfide) groups is 1. The second-order valence-electron chi connectivity index (χ2n) is 12.3. The van der Waals surface area contributed by atoms with E-state index in [9.17, 15) is 19.5 Å². The first kappa shape index (κ1) is 31.4. The van der Waals surface area contributed by atoms with E-state index < -0.39 is 28.7 Å². The summed E-state index contributed by atoms with van der Waals surface area (Å²) < 4.78 is -0.735. The first-order valence-electron chi connectivity index (χ1n) is 15.0. The molecule has 1 N–H and O–H groups in total. The average Bonchev–Trinajstić information content (AvgIpc) is 3.55. The van der Waals surface area contributed by atoms with Crippen molar-refractivity contribution >= 4 is 29.5 Å². The zero-order chi connectivity index (χ0) is 30.1. The molecule has 3 amide bonds. The summed E-state index contributed by atoms with van der Waals surface area (Å²) in [7, 11) is 0. The molecule has 0 radical (unpaired) electrons. The van der Waals surface area contributed by atoms with Crippen LogP contribution in [0.2, 0.25) is 0 Å². The molecule has 0 aliphatic carbocycles. The number of benzene rings is 1. The SMILES string of the molecule is C=CCN(Cc1ccccc1)C(=O)[C@@H]1[C@H]2C(=O)N([C@@H](CO)[C@@H](C)CC)C(C(=O)N(CC=C)C(C)C)C23S[C@@H]1CC3C. The van der Waals surface area contributed by atoms with Crippen LogP contribution in [0, 0.1) is 23.7 Å². The quantitative estimate of drug-likeness (QED) is 0.350. The van der Waals surface area contributed by atoms with Crippen molar-refractivity contribution in [2.24, 2.45) is 23.7 Å². The highest BCUT2D eigenvalue weighted by molar-refractivity contribution is 8.02. The third-order valence-corrected chi connectivity index (χ3v) is 11.7. The fourth-order valence-corrected chi connectivity index (χ4v) is 9.84. The van der Waals surface area contributed by atoms with Crippen LogP contribution < -0.4 is 0 Å². The van der Waals surface area contributed by atoms with E-state index in [4.69, 9.17) is 0 Å². The second-order valence-corrected chi connectivity index (χ2v) is 13.8. The molecule has 0 saturated carbocycles. The summed E-state index contributed by atoms with van der Waals surface area (Å²) in [6.07, 6.45) is 4.98. The Balaban J connectivity index is 1.81. The summed E-state index contributed by atoms with van der Waals surface area (Å²) in [5, 5.41) is 10.6. The number of carbonyl (C=O) groups is 3. The van der Waals surface area contributed by atoms with Crippen molar-refractivity contribution in [2.45, 2.75) is 82.1 Å². The van der Waals surface area contributed by atoms with Crippen molar-refractivity contribution in [3.63, 3.8) is 0 Å². The van der Waals surface area contributed by atoms with Crippen molar-refractivity contribution in [2.75, 3.05) is 19.7 Å². The van der Waals surface area contributed by atoms with Crippen LogP contribution in [0.15, 0.2) is 55.6 Å². The van der Waals surface area contributed by atoms with Crippen LogP contribution in [0.3, 0.4) is 0 Å². The van der Waals surface area contributed by atoms with Gasteiger partial charge in [0.05, 0.1) is 29.2 Å². The lowest BCUT2D eigenvalue weighted by Crippen LogP contribution is -2.61. The Bertz CT molecular complexity index is 1140. The van der Waals surface area contributed by atoms with Crippen molar-refractivity contribution in [1.82, 2.24) is 14.7 Å². The van der Waals surface area contributed by atoms with Gasteiger partial charge in [-0.25, -0.2) is 0 Å². The number of nitrogens with zero attached hydrogens (tertiary/aromatic N) is 3. The van der Waals surface area contributed by atoms with E-state index in [-0.39, 0.29) is 47.5 Å². The first-order chi connectivity index (χ1) is 19.6. The van der Waals surface area contributed by atoms with Gasteiger partial charge >= 0.3 is 0 Å². The minimum absolute atomic E-state index is 0.0108. The Morgan fingerprint density at radius 2 is 1.80 bits per heavy atom. The van der Waals surface area contributed by atoms with E-state index in [0.717, 1.165) is 18.4 Å². The molecule has 224 valence electrons. The van der Waals surface area contributed by atoms with Gasteiger partial charge in [0.2, 0.25) is 17.7 Å². The Morgan fingerprint density at radius 3 is 2.37 bits per heavy atom. The van der Waals surface area contributed by atoms with E-state index in [1.54, 1.807) is 38.6 Å². The highest BCUT2D eigenvalue weighted by Gasteiger charge is 2.77. The Kier molecular flexibility index (Phi) is 9.74. The van der Waals surface area contributed by atoms with Crippen molar-refractivity contribution in [1.29, 1.82) is 0 Å². The maximum atomic E-state index is 14.7. The smallest absolute Gasteiger partial charge is 0.247 e. The molecule has 3 aliphatic rings. The fraction of sp³-hybridized carbons (Fsp3) is 0.606. The number of carbonyl (C=O) groups excluding carboxylic acids is 3. The normalized spacial score (nSPS) is 29.8. The molecule has 7 nitrogen and oxygen atoms in total. The van der Waals surface area contributed by atoms with Gasteiger partial charge in [0, 0.05) is 30.9 Å². The highest BCUT2D eigenvalue weighted by atomic mass is 32.2. The lowest BCUT2D eigenvalue weighted by Gasteiger charge is -2.43. The van der Waals surface area contributed by atoms with Crippen LogP contribution in [0.4, 0.5) is 0 Å². The van der Waals surface area contributed by atoms with Crippen LogP contribution in [0.1, 0.15) is 53.0 Å². The average molecular weight is 582 g/mol. The molecule has 3 unspecified atom stereocenters. The summed E-state index contributed by atoms with van der Waals surface area (Å²) in [6.45, 7) is 18.9. The zero-order valence-corrected chi connectivity index (χ0v) is 26.1. The van der Waals surface area contributed by atoms with Crippen LogP contribution in [0.25, 0.3) is 0 Å². The van der Waals surface area contributed by atoms with E-state index in [0.29, 0.717) is 19.6 Å². The van der Waals surface area contributed by atoms with E-state index in [1.165, 1.54) is 0 Å². The van der Waals surface area contributed by atoms with Gasteiger partial charge < -0.3 is 19.8 Å². The summed E-state index contributed by atoms with van der Waals surface area (Å²) in [4.78, 5) is 49.0. The van der Waals surface area contributed by atoms with Crippen LogP contribution in [-0.4, -0.2) is 85.3 Å². The van der Waals surface area contributed by atoms with Gasteiger partial charge in [-0.1, -0.05) is 69.7 Å². The van der Waals surface area contributed by atoms with Gasteiger partial charge in [0.1, 0.15) is 6.04 Å². The molecule has 4 rings (SSSR count). The monoisotopic (exact) mass is 581 g/mol. The first-order valence-corrected chi connectivity index (χ1v) is 15.9. The molecule has 1 aromatic rings. The Labute approximate surface area is 250 Å². The van der Waals surface area contributed by atoms with Gasteiger partial charge in [-0.15, -0.1) is 24.9 Å². The maximum Gasteiger partial charge on any atom is 0.247 e. The summed E-state index contributed by atoms with van der Waals surface area (Å²) >= 11 is 1.68. The molecule has 0 aromatic heterocycles. The van der Waals surface area contributed by atoms with Gasteiger partial charge in [0.25, 0.3) is 0 Å². The van der Waals surface area contributed by atoms with E-state index in [1.807, 2.05) is 58.0 Å². The minimum atomic E-state index is -0.752. The lowest BCUT2D eigenvalue weighted by molar-refractivity contribution is -0.148. The highest BCUT2D eigenvalue weighted by Crippen LogP contribution is 2.69. The molecule has 3 saturated heterocycles. The number of likely N-dealkylation sites (tertiary alicyclic amines) is 1. The van der Waals surface area contributed by atoms with Crippen molar-refractivity contribution in [3.8, 4) is 0 Å². The molecule has 1 spiro atoms. The van der Waals surface area contributed by atoms with Crippen molar-refractivity contribution < 1.29 is 19.5 Å². The predicted molar refractivity (Wildman–Crippen MR) is 165 cm³/mol. The van der Waals surface area contributed by atoms with Gasteiger partial charge in [-0.3, -0.25) is 14.4 Å². The topological polar surface area (TPSA) is 81.2 Å². The van der Waals surface area contributed by atoms with Gasteiger partial charge in [0.15, 0.2) is 0 Å². The molecular formula is C33H47N3O4S. The fourth-order valence-electron chi connectivity index (χ4n) is 7.45. The van der Waals surface area contributed by atoms with Gasteiger partial charge in [-0.05, 0) is 37.7 Å². The molecular weight excluding hydrogens is 534 g/mol. The molecule has 1 aromatic carbocycles. The molecule has 3 fully saturated rings. The number of hydrogen-bond donors (Lipinski definition) is 1. The van der Waals surface area contributed by atoms with Crippen LogP contribution in [0.5, 0.6) is 0 Å². The number of rotatable bonds is 13. The van der Waals surface area contributed by atoms with Crippen LogP contribution >= 0.6 is 11.8 Å². The van der Waals surface area contributed by atoms with E-state index >= 15 is 0 Å². The molecule has 3 heterocycles. The maximum absolute atomic E-state index is 14.7. The molecule has 41 heavy (non-hydrogen) atoms. The third-order valence-electron chi connectivity index (χ3n) is 9.66. The minimum Gasteiger partial charge on any atom is -0.394 e. The number of aliphatic hydroxyl groups excluding tert-OH is 1. The number of aliphatic hydroxyl groups is 1. The summed E-state index contributed by atoms with van der Waals surface area (Å²) in [6, 6.07) is 8.51. The van der Waals surface area contributed by atoms with Crippen LogP contribution in [-0.2, 0) is 20.9 Å². The summed E-state index contributed by atoms with van der Waals surface area (Å²) in [5.74, 6) is -1.44. The largest absolute Gasteiger partial charge is 0.394 e. The Hall–Kier alpha value is -2.58. The molecule has 8 atom stereocenters. The summed E-state index contributed by atoms with van der Waals surface area (Å²) in [5.41, 5.74) is 1.02. The lowest BCUT2D eigenvalue weighted by atomic mass is 9.65.